The minimum absolute atomic E-state index is 0.00992. The van der Waals surface area contributed by atoms with Crippen LogP contribution in [0.4, 0.5) is 0 Å². The number of hydrogen-bond acceptors (Lipinski definition) is 5. The second kappa shape index (κ2) is 13.8. The Bertz CT molecular complexity index is 1280. The molecule has 0 saturated carbocycles. The quantitative estimate of drug-likeness (QED) is 0.314. The van der Waals surface area contributed by atoms with E-state index < -0.39 is 28.1 Å². The first-order valence-electron chi connectivity index (χ1n) is 12.5. The molecule has 0 bridgehead atoms. The first-order valence-corrected chi connectivity index (χ1v) is 14.3. The first kappa shape index (κ1) is 29.6. The zero-order chi connectivity index (χ0) is 27.7. The van der Waals surface area contributed by atoms with Crippen LogP contribution in [-0.4, -0.2) is 56.1 Å². The highest BCUT2D eigenvalue weighted by Gasteiger charge is 2.31. The van der Waals surface area contributed by atoms with Crippen LogP contribution in [0.1, 0.15) is 36.2 Å². The van der Waals surface area contributed by atoms with E-state index in [0.717, 1.165) is 5.56 Å². The molecule has 0 saturated heterocycles. The fourth-order valence-corrected chi connectivity index (χ4v) is 5.97. The van der Waals surface area contributed by atoms with Crippen LogP contribution in [0, 0.1) is 5.92 Å². The molecule has 204 valence electrons. The highest BCUT2D eigenvalue weighted by Crippen LogP contribution is 2.22. The Morgan fingerprint density at radius 1 is 0.974 bits per heavy atom. The number of carbonyl (C=O) groups excluding carboxylic acids is 1. The third kappa shape index (κ3) is 8.04. The van der Waals surface area contributed by atoms with Crippen molar-refractivity contribution < 1.29 is 23.1 Å². The van der Waals surface area contributed by atoms with Gasteiger partial charge in [0.2, 0.25) is 10.0 Å². The van der Waals surface area contributed by atoms with E-state index in [1.807, 2.05) is 44.2 Å². The van der Waals surface area contributed by atoms with Crippen LogP contribution in [0.5, 0.6) is 5.75 Å². The van der Waals surface area contributed by atoms with Crippen LogP contribution >= 0.6 is 11.6 Å². The number of amides is 1. The normalized spacial score (nSPS) is 13.3. The number of benzene rings is 3. The molecule has 0 heterocycles. The van der Waals surface area contributed by atoms with Crippen LogP contribution in [0.3, 0.4) is 0 Å². The van der Waals surface area contributed by atoms with E-state index in [2.05, 4.69) is 5.32 Å². The van der Waals surface area contributed by atoms with E-state index in [-0.39, 0.29) is 29.5 Å². The Balaban J connectivity index is 1.86. The van der Waals surface area contributed by atoms with Crippen molar-refractivity contribution in [3.05, 3.63) is 95.0 Å². The molecule has 3 aromatic carbocycles. The first-order chi connectivity index (χ1) is 18.1. The Morgan fingerprint density at radius 3 is 2.21 bits per heavy atom. The minimum Gasteiger partial charge on any atom is -0.497 e. The maximum atomic E-state index is 13.6. The maximum absolute atomic E-state index is 13.6. The second-order valence-electron chi connectivity index (χ2n) is 9.54. The predicted molar refractivity (Wildman–Crippen MR) is 150 cm³/mol. The molecule has 0 aliphatic rings. The Morgan fingerprint density at radius 2 is 1.61 bits per heavy atom. The summed E-state index contributed by atoms with van der Waals surface area (Å²) in [6.45, 7) is 3.84. The monoisotopic (exact) mass is 558 g/mol. The standard InChI is InChI=1S/C29H35ClN2O5S/c1-21(2)19-32(38(35,36)24-16-14-23(37-3)15-17-24)20-28(33)27(18-13-22-9-5-4-6-10-22)31-29(34)25-11-7-8-12-26(25)30/h4-12,14-17,21,27-28,33H,13,18-20H2,1-3H3,(H,31,34)/t27-,28+/m0/s1. The maximum Gasteiger partial charge on any atom is 0.253 e. The molecule has 38 heavy (non-hydrogen) atoms. The van der Waals surface area contributed by atoms with Crippen molar-refractivity contribution in [1.82, 2.24) is 9.62 Å². The number of sulfonamides is 1. The molecule has 0 fully saturated rings. The molecule has 0 aliphatic heterocycles. The Hall–Kier alpha value is -2.91. The number of hydrogen-bond donors (Lipinski definition) is 2. The number of rotatable bonds is 13. The number of carbonyl (C=O) groups is 1. The fourth-order valence-electron chi connectivity index (χ4n) is 4.13. The van der Waals surface area contributed by atoms with Crippen molar-refractivity contribution in [3.63, 3.8) is 0 Å². The summed E-state index contributed by atoms with van der Waals surface area (Å²) < 4.78 is 33.6. The van der Waals surface area contributed by atoms with Gasteiger partial charge in [0.15, 0.2) is 0 Å². The summed E-state index contributed by atoms with van der Waals surface area (Å²) in [6, 6.07) is 21.8. The van der Waals surface area contributed by atoms with Crippen molar-refractivity contribution in [1.29, 1.82) is 0 Å². The third-order valence-corrected chi connectivity index (χ3v) is 8.32. The van der Waals surface area contributed by atoms with Crippen molar-refractivity contribution in [2.45, 2.75) is 43.7 Å². The molecule has 1 amide bonds. The van der Waals surface area contributed by atoms with Gasteiger partial charge in [0.25, 0.3) is 5.91 Å². The van der Waals surface area contributed by atoms with E-state index >= 15 is 0 Å². The predicted octanol–water partition coefficient (Wildman–Crippen LogP) is 4.79. The number of methoxy groups -OCH3 is 1. The smallest absolute Gasteiger partial charge is 0.253 e. The zero-order valence-electron chi connectivity index (χ0n) is 21.9. The van der Waals surface area contributed by atoms with Crippen LogP contribution in [0.25, 0.3) is 0 Å². The number of aryl methyl sites for hydroxylation is 1. The molecule has 0 aliphatic carbocycles. The molecule has 7 nitrogen and oxygen atoms in total. The molecule has 0 unspecified atom stereocenters. The molecule has 0 spiro atoms. The molecule has 9 heteroatoms. The highest BCUT2D eigenvalue weighted by molar-refractivity contribution is 7.89. The van der Waals surface area contributed by atoms with Gasteiger partial charge >= 0.3 is 0 Å². The molecular formula is C29H35ClN2O5S. The molecular weight excluding hydrogens is 524 g/mol. The van der Waals surface area contributed by atoms with E-state index in [4.69, 9.17) is 16.3 Å². The number of aliphatic hydroxyl groups excluding tert-OH is 1. The summed E-state index contributed by atoms with van der Waals surface area (Å²) in [5, 5.41) is 14.5. The highest BCUT2D eigenvalue weighted by atomic mass is 35.5. The van der Waals surface area contributed by atoms with Gasteiger partial charge in [-0.3, -0.25) is 4.79 Å². The van der Waals surface area contributed by atoms with Gasteiger partial charge in [-0.15, -0.1) is 0 Å². The van der Waals surface area contributed by atoms with Crippen molar-refractivity contribution in [3.8, 4) is 5.75 Å². The van der Waals surface area contributed by atoms with Gasteiger partial charge < -0.3 is 15.2 Å². The lowest BCUT2D eigenvalue weighted by Gasteiger charge is -2.31. The van der Waals surface area contributed by atoms with Gasteiger partial charge in [0.05, 0.1) is 34.7 Å². The summed E-state index contributed by atoms with van der Waals surface area (Å²) in [5.74, 6) is 0.125. The largest absolute Gasteiger partial charge is 0.497 e. The Kier molecular flexibility index (Phi) is 10.7. The van der Waals surface area contributed by atoms with Crippen LogP contribution in [-0.2, 0) is 16.4 Å². The molecule has 2 N–H and O–H groups in total. The van der Waals surface area contributed by atoms with Crippen LogP contribution < -0.4 is 10.1 Å². The summed E-state index contributed by atoms with van der Waals surface area (Å²) in [7, 11) is -2.41. The van der Waals surface area contributed by atoms with E-state index in [1.165, 1.54) is 23.5 Å². The summed E-state index contributed by atoms with van der Waals surface area (Å²) in [6.07, 6.45) is -0.183. The van der Waals surface area contributed by atoms with Gasteiger partial charge in [-0.05, 0) is 60.7 Å². The van der Waals surface area contributed by atoms with E-state index in [0.29, 0.717) is 23.6 Å². The average molecular weight is 559 g/mol. The number of nitrogens with one attached hydrogen (secondary N) is 1. The van der Waals surface area contributed by atoms with E-state index in [9.17, 15) is 18.3 Å². The molecule has 3 aromatic rings. The van der Waals surface area contributed by atoms with Gasteiger partial charge in [0, 0.05) is 13.1 Å². The fraction of sp³-hybridized carbons (Fsp3) is 0.345. The summed E-state index contributed by atoms with van der Waals surface area (Å²) in [4.78, 5) is 13.2. The second-order valence-corrected chi connectivity index (χ2v) is 11.9. The third-order valence-electron chi connectivity index (χ3n) is 6.14. The van der Waals surface area contributed by atoms with Crippen molar-refractivity contribution >= 4 is 27.5 Å². The van der Waals surface area contributed by atoms with Crippen molar-refractivity contribution in [2.24, 2.45) is 5.92 Å². The zero-order valence-corrected chi connectivity index (χ0v) is 23.5. The molecule has 0 aromatic heterocycles. The Labute approximate surface area is 230 Å². The van der Waals surface area contributed by atoms with Gasteiger partial charge in [-0.1, -0.05) is 67.9 Å². The number of halogens is 1. The average Bonchev–Trinajstić information content (AvgIpc) is 2.91. The van der Waals surface area contributed by atoms with Gasteiger partial charge in [-0.2, -0.15) is 4.31 Å². The molecule has 0 radical (unpaired) electrons. The number of aliphatic hydroxyl groups is 1. The summed E-state index contributed by atoms with van der Waals surface area (Å²) in [5.41, 5.74) is 1.33. The van der Waals surface area contributed by atoms with Gasteiger partial charge in [0.1, 0.15) is 5.75 Å². The van der Waals surface area contributed by atoms with Crippen molar-refractivity contribution in [2.75, 3.05) is 20.2 Å². The van der Waals surface area contributed by atoms with E-state index in [1.54, 1.807) is 36.4 Å². The lowest BCUT2D eigenvalue weighted by atomic mass is 10.00. The topological polar surface area (TPSA) is 95.9 Å². The van der Waals surface area contributed by atoms with Crippen LogP contribution in [0.15, 0.2) is 83.8 Å². The lowest BCUT2D eigenvalue weighted by Crippen LogP contribution is -2.50. The summed E-state index contributed by atoms with van der Waals surface area (Å²) >= 11 is 6.23. The van der Waals surface area contributed by atoms with Crippen LogP contribution in [0.2, 0.25) is 5.02 Å². The van der Waals surface area contributed by atoms with Gasteiger partial charge in [-0.25, -0.2) is 8.42 Å². The number of nitrogens with zero attached hydrogens (tertiary/aromatic N) is 1. The molecule has 2 atom stereocenters. The molecule has 3 rings (SSSR count). The lowest BCUT2D eigenvalue weighted by molar-refractivity contribution is 0.0760. The number of ether oxygens (including phenoxy) is 1. The minimum atomic E-state index is -3.92. The SMILES string of the molecule is COc1ccc(S(=O)(=O)N(CC(C)C)C[C@@H](O)[C@H](CCc2ccccc2)NC(=O)c2ccccc2Cl)cc1.